The summed E-state index contributed by atoms with van der Waals surface area (Å²) in [6.07, 6.45) is 3.69. The number of hydrogen-bond donors (Lipinski definition) is 2. The van der Waals surface area contributed by atoms with E-state index in [1.54, 1.807) is 0 Å². The summed E-state index contributed by atoms with van der Waals surface area (Å²) in [5.41, 5.74) is 3.91. The second-order valence-electron chi connectivity index (χ2n) is 7.01. The van der Waals surface area contributed by atoms with Crippen LogP contribution < -0.4 is 5.32 Å². The molecule has 3 heteroatoms. The van der Waals surface area contributed by atoms with E-state index in [2.05, 4.69) is 37.2 Å². The highest BCUT2D eigenvalue weighted by Gasteiger charge is 2.35. The third kappa shape index (κ3) is 2.82. The maximum Gasteiger partial charge on any atom is 0.120 e. The van der Waals surface area contributed by atoms with Gasteiger partial charge >= 0.3 is 0 Å². The lowest BCUT2D eigenvalue weighted by Gasteiger charge is -2.32. The fraction of sp³-hybridized carbons (Fsp3) is 0.667. The molecule has 1 fully saturated rings. The van der Waals surface area contributed by atoms with Crippen LogP contribution in [0, 0.1) is 12.8 Å². The van der Waals surface area contributed by atoms with Gasteiger partial charge in [0.25, 0.3) is 0 Å². The van der Waals surface area contributed by atoms with Crippen molar-refractivity contribution in [2.24, 2.45) is 5.92 Å². The average molecular weight is 288 g/mol. The number of nitrogens with one attached hydrogen (secondary N) is 1. The van der Waals surface area contributed by atoms with E-state index in [0.717, 1.165) is 32.0 Å². The Kier molecular flexibility index (Phi) is 4.23. The summed E-state index contributed by atoms with van der Waals surface area (Å²) < 4.78 is 0. The average Bonchev–Trinajstić information content (AvgIpc) is 2.83. The van der Waals surface area contributed by atoms with E-state index in [1.165, 1.54) is 29.5 Å². The van der Waals surface area contributed by atoms with Gasteiger partial charge in [0.15, 0.2) is 0 Å². The van der Waals surface area contributed by atoms with Crippen molar-refractivity contribution in [1.82, 2.24) is 10.2 Å². The highest BCUT2D eigenvalue weighted by Crippen LogP contribution is 2.48. The van der Waals surface area contributed by atoms with Crippen LogP contribution >= 0.6 is 0 Å². The van der Waals surface area contributed by atoms with Gasteiger partial charge in [-0.25, -0.2) is 0 Å². The van der Waals surface area contributed by atoms with Gasteiger partial charge in [-0.2, -0.15) is 0 Å². The number of piperidine rings is 1. The molecule has 1 aliphatic carbocycles. The number of rotatable bonds is 3. The Labute approximate surface area is 128 Å². The molecule has 2 atom stereocenters. The van der Waals surface area contributed by atoms with Gasteiger partial charge in [0.2, 0.25) is 0 Å². The van der Waals surface area contributed by atoms with E-state index in [9.17, 15) is 5.11 Å². The van der Waals surface area contributed by atoms with E-state index in [1.807, 2.05) is 6.07 Å². The summed E-state index contributed by atoms with van der Waals surface area (Å²) in [5.74, 6) is 1.83. The standard InChI is InChI=1S/C18H28N2O/c1-12-4-5-16(21)18-15(10-13(2)17(12)18)20(3)11-14-6-8-19-9-7-14/h4-5,13-15,19,21H,6-11H2,1-3H3. The fourth-order valence-corrected chi connectivity index (χ4v) is 4.31. The number of phenolic OH excluding ortho intramolecular Hbond substituents is 1. The molecule has 0 aromatic heterocycles. The summed E-state index contributed by atoms with van der Waals surface area (Å²) in [4.78, 5) is 2.48. The number of aryl methyl sites for hydroxylation is 1. The number of hydrogen-bond acceptors (Lipinski definition) is 3. The predicted molar refractivity (Wildman–Crippen MR) is 86.8 cm³/mol. The van der Waals surface area contributed by atoms with Crippen molar-refractivity contribution in [2.75, 3.05) is 26.7 Å². The lowest BCUT2D eigenvalue weighted by Crippen LogP contribution is -2.35. The molecular formula is C18H28N2O. The summed E-state index contributed by atoms with van der Waals surface area (Å²) in [7, 11) is 2.23. The Morgan fingerprint density at radius 2 is 1.95 bits per heavy atom. The van der Waals surface area contributed by atoms with Crippen LogP contribution in [-0.4, -0.2) is 36.7 Å². The first-order valence-corrected chi connectivity index (χ1v) is 8.31. The second kappa shape index (κ2) is 5.98. The smallest absolute Gasteiger partial charge is 0.120 e. The number of fused-ring (bicyclic) bond motifs is 1. The minimum atomic E-state index is 0.379. The zero-order valence-corrected chi connectivity index (χ0v) is 13.5. The quantitative estimate of drug-likeness (QED) is 0.896. The Hall–Kier alpha value is -1.06. The molecule has 1 aromatic rings. The molecule has 3 nitrogen and oxygen atoms in total. The highest BCUT2D eigenvalue weighted by molar-refractivity contribution is 5.50. The normalized spacial score (nSPS) is 26.3. The third-order valence-electron chi connectivity index (χ3n) is 5.42. The molecule has 2 N–H and O–H groups in total. The Morgan fingerprint density at radius 1 is 1.24 bits per heavy atom. The van der Waals surface area contributed by atoms with Crippen molar-refractivity contribution >= 4 is 0 Å². The van der Waals surface area contributed by atoms with Crippen LogP contribution in [0.4, 0.5) is 0 Å². The van der Waals surface area contributed by atoms with Crippen molar-refractivity contribution < 1.29 is 5.11 Å². The molecule has 0 amide bonds. The van der Waals surface area contributed by atoms with Gasteiger partial charge in [0.05, 0.1) is 0 Å². The van der Waals surface area contributed by atoms with Crippen LogP contribution in [0.2, 0.25) is 0 Å². The Bertz CT molecular complexity index is 508. The van der Waals surface area contributed by atoms with Crippen LogP contribution in [-0.2, 0) is 0 Å². The minimum absolute atomic E-state index is 0.379. The van der Waals surface area contributed by atoms with E-state index in [4.69, 9.17) is 0 Å². The third-order valence-corrected chi connectivity index (χ3v) is 5.42. The predicted octanol–water partition coefficient (Wildman–Crippen LogP) is 3.18. The summed E-state index contributed by atoms with van der Waals surface area (Å²) >= 11 is 0. The van der Waals surface area contributed by atoms with Crippen LogP contribution in [0.3, 0.4) is 0 Å². The lowest BCUT2D eigenvalue weighted by molar-refractivity contribution is 0.181. The van der Waals surface area contributed by atoms with Crippen molar-refractivity contribution in [3.05, 3.63) is 28.8 Å². The molecule has 1 heterocycles. The molecule has 0 bridgehead atoms. The number of benzene rings is 1. The van der Waals surface area contributed by atoms with Gasteiger partial charge in [0.1, 0.15) is 5.75 Å². The van der Waals surface area contributed by atoms with Crippen molar-refractivity contribution in [2.45, 2.75) is 45.1 Å². The van der Waals surface area contributed by atoms with E-state index < -0.39 is 0 Å². The Balaban J connectivity index is 1.80. The molecule has 3 rings (SSSR count). The van der Waals surface area contributed by atoms with Crippen molar-refractivity contribution in [3.8, 4) is 5.75 Å². The maximum atomic E-state index is 10.4. The molecular weight excluding hydrogens is 260 g/mol. The van der Waals surface area contributed by atoms with Crippen molar-refractivity contribution in [1.29, 1.82) is 0 Å². The SMILES string of the molecule is Cc1ccc(O)c2c1C(C)CC2N(C)CC1CCNCC1. The zero-order chi connectivity index (χ0) is 15.0. The molecule has 21 heavy (non-hydrogen) atoms. The van der Waals surface area contributed by atoms with Gasteiger partial charge in [-0.3, -0.25) is 4.90 Å². The first-order valence-electron chi connectivity index (χ1n) is 8.31. The largest absolute Gasteiger partial charge is 0.508 e. The summed E-state index contributed by atoms with van der Waals surface area (Å²) in [5, 5.41) is 13.8. The topological polar surface area (TPSA) is 35.5 Å². The number of nitrogens with zero attached hydrogens (tertiary/aromatic N) is 1. The molecule has 116 valence electrons. The monoisotopic (exact) mass is 288 g/mol. The van der Waals surface area contributed by atoms with E-state index in [0.29, 0.717) is 17.7 Å². The van der Waals surface area contributed by atoms with E-state index in [-0.39, 0.29) is 0 Å². The van der Waals surface area contributed by atoms with Crippen LogP contribution in [0.15, 0.2) is 12.1 Å². The summed E-state index contributed by atoms with van der Waals surface area (Å²) in [6, 6.07) is 4.31. The van der Waals surface area contributed by atoms with Crippen LogP contribution in [0.5, 0.6) is 5.75 Å². The van der Waals surface area contributed by atoms with Gasteiger partial charge in [-0.1, -0.05) is 13.0 Å². The maximum absolute atomic E-state index is 10.4. The minimum Gasteiger partial charge on any atom is -0.508 e. The summed E-state index contributed by atoms with van der Waals surface area (Å²) in [6.45, 7) is 7.92. The zero-order valence-electron chi connectivity index (χ0n) is 13.5. The number of phenols is 1. The molecule has 2 unspecified atom stereocenters. The molecule has 1 aliphatic heterocycles. The molecule has 1 saturated heterocycles. The molecule has 2 aliphatic rings. The van der Waals surface area contributed by atoms with Gasteiger partial charge in [0, 0.05) is 18.2 Å². The molecule has 1 aromatic carbocycles. The fourth-order valence-electron chi connectivity index (χ4n) is 4.31. The second-order valence-corrected chi connectivity index (χ2v) is 7.01. The Morgan fingerprint density at radius 3 is 2.67 bits per heavy atom. The first-order chi connectivity index (χ1) is 10.1. The van der Waals surface area contributed by atoms with Crippen molar-refractivity contribution in [3.63, 3.8) is 0 Å². The first kappa shape index (κ1) is 14.9. The highest BCUT2D eigenvalue weighted by atomic mass is 16.3. The molecule has 0 saturated carbocycles. The molecule has 0 radical (unpaired) electrons. The van der Waals surface area contributed by atoms with E-state index >= 15 is 0 Å². The van der Waals surface area contributed by atoms with Gasteiger partial charge < -0.3 is 10.4 Å². The van der Waals surface area contributed by atoms with Crippen LogP contribution in [0.1, 0.15) is 54.8 Å². The lowest BCUT2D eigenvalue weighted by atomic mass is 9.96. The number of aromatic hydroxyl groups is 1. The van der Waals surface area contributed by atoms with Gasteiger partial charge in [-0.15, -0.1) is 0 Å². The van der Waals surface area contributed by atoms with Crippen LogP contribution in [0.25, 0.3) is 0 Å². The molecule has 0 spiro atoms. The van der Waals surface area contributed by atoms with Gasteiger partial charge in [-0.05, 0) is 75.4 Å².